The van der Waals surface area contributed by atoms with Gasteiger partial charge < -0.3 is 14.9 Å². The number of nitrogens with one attached hydrogen (secondary N) is 2. The summed E-state index contributed by atoms with van der Waals surface area (Å²) in [5, 5.41) is 19.9. The second-order valence-corrected chi connectivity index (χ2v) is 6.60. The van der Waals surface area contributed by atoms with Crippen molar-refractivity contribution in [2.45, 2.75) is 6.42 Å². The molecule has 9 nitrogen and oxygen atoms in total. The number of methoxy groups -OCH3 is 1. The normalized spacial score (nSPS) is 10.6. The fourth-order valence-electron chi connectivity index (χ4n) is 2.97. The van der Waals surface area contributed by atoms with E-state index >= 15 is 0 Å². The Balaban J connectivity index is 2.03. The van der Waals surface area contributed by atoms with Crippen molar-refractivity contribution in [1.29, 1.82) is 0 Å². The summed E-state index contributed by atoms with van der Waals surface area (Å²) >= 11 is 0. The average molecular weight is 427 g/mol. The van der Waals surface area contributed by atoms with Crippen LogP contribution in [0.25, 0.3) is 10.9 Å². The van der Waals surface area contributed by atoms with Crippen LogP contribution in [0.3, 0.4) is 0 Å². The lowest BCUT2D eigenvalue weighted by molar-refractivity contribution is -0.125. The second-order valence-electron chi connectivity index (χ2n) is 6.60. The Bertz CT molecular complexity index is 1160. The van der Waals surface area contributed by atoms with Gasteiger partial charge in [0.25, 0.3) is 11.8 Å². The van der Waals surface area contributed by atoms with Crippen LogP contribution >= 0.6 is 0 Å². The van der Waals surface area contributed by atoms with Gasteiger partial charge in [-0.15, -0.1) is 0 Å². The van der Waals surface area contributed by atoms with E-state index in [-0.39, 0.29) is 28.9 Å². The summed E-state index contributed by atoms with van der Waals surface area (Å²) in [4.78, 5) is 39.8. The molecule has 4 N–H and O–H groups in total. The van der Waals surface area contributed by atoms with Crippen LogP contribution in [-0.2, 0) is 16.0 Å². The van der Waals surface area contributed by atoms with Crippen molar-refractivity contribution in [3.8, 4) is 5.75 Å². The second kappa shape index (κ2) is 9.18. The number of nitrogens with zero attached hydrogens (tertiary/aromatic N) is 1. The van der Waals surface area contributed by atoms with Crippen LogP contribution in [0, 0.1) is 5.82 Å². The zero-order valence-corrected chi connectivity index (χ0v) is 16.3. The molecule has 160 valence electrons. The molecule has 0 aliphatic heterocycles. The van der Waals surface area contributed by atoms with Crippen LogP contribution in [-0.4, -0.2) is 46.7 Å². The molecule has 0 saturated carbocycles. The highest BCUT2D eigenvalue weighted by Gasteiger charge is 2.21. The van der Waals surface area contributed by atoms with Crippen LogP contribution in [0.1, 0.15) is 31.8 Å². The Hall–Kier alpha value is -4.05. The minimum atomic E-state index is -1.45. The molecular formula is C21H18FN3O6. The number of hydrazine groups is 1. The summed E-state index contributed by atoms with van der Waals surface area (Å²) in [7, 11) is 1.31. The molecule has 10 heteroatoms. The SMILES string of the molecule is COCC(=O)NNC(=O)c1cc(C(=O)O)c(O)c2ncc(Cc3ccc(F)cc3)cc12. The maximum Gasteiger partial charge on any atom is 0.339 e. The Kier molecular flexibility index (Phi) is 6.41. The number of aromatic carboxylic acids is 1. The number of aromatic hydroxyl groups is 1. The number of pyridine rings is 1. The zero-order valence-electron chi connectivity index (χ0n) is 16.3. The maximum absolute atomic E-state index is 13.1. The van der Waals surface area contributed by atoms with Gasteiger partial charge in [-0.2, -0.15) is 0 Å². The van der Waals surface area contributed by atoms with Gasteiger partial charge in [-0.1, -0.05) is 12.1 Å². The highest BCUT2D eigenvalue weighted by atomic mass is 19.1. The van der Waals surface area contributed by atoms with Crippen LogP contribution < -0.4 is 10.9 Å². The topological polar surface area (TPSA) is 138 Å². The molecule has 31 heavy (non-hydrogen) atoms. The van der Waals surface area contributed by atoms with Gasteiger partial charge in [0.2, 0.25) is 0 Å². The molecule has 0 aliphatic carbocycles. The van der Waals surface area contributed by atoms with E-state index in [1.54, 1.807) is 18.2 Å². The number of amides is 2. The van der Waals surface area contributed by atoms with Gasteiger partial charge in [0.05, 0.1) is 5.56 Å². The third-order valence-electron chi connectivity index (χ3n) is 4.39. The molecule has 0 saturated heterocycles. The fraction of sp³-hybridized carbons (Fsp3) is 0.143. The highest BCUT2D eigenvalue weighted by molar-refractivity contribution is 6.11. The summed E-state index contributed by atoms with van der Waals surface area (Å²) in [5.41, 5.74) is 5.02. The van der Waals surface area contributed by atoms with Crippen LogP contribution in [0.4, 0.5) is 4.39 Å². The molecule has 0 radical (unpaired) electrons. The molecule has 3 rings (SSSR count). The number of hydrogen-bond donors (Lipinski definition) is 4. The Morgan fingerprint density at radius 2 is 1.77 bits per heavy atom. The number of carbonyl (C=O) groups excluding carboxylic acids is 2. The number of carbonyl (C=O) groups is 3. The lowest BCUT2D eigenvalue weighted by atomic mass is 9.99. The number of carboxylic acids is 1. The molecule has 0 fully saturated rings. The molecule has 3 aromatic rings. The Morgan fingerprint density at radius 1 is 1.06 bits per heavy atom. The van der Waals surface area contributed by atoms with E-state index in [9.17, 15) is 29.0 Å². The van der Waals surface area contributed by atoms with Crippen molar-refractivity contribution in [3.63, 3.8) is 0 Å². The predicted octanol–water partition coefficient (Wildman–Crippen LogP) is 1.78. The van der Waals surface area contributed by atoms with Gasteiger partial charge >= 0.3 is 5.97 Å². The molecule has 0 aliphatic rings. The van der Waals surface area contributed by atoms with Crippen molar-refractivity contribution in [2.75, 3.05) is 13.7 Å². The van der Waals surface area contributed by atoms with Crippen molar-refractivity contribution >= 4 is 28.7 Å². The number of fused-ring (bicyclic) bond motifs is 1. The van der Waals surface area contributed by atoms with Crippen molar-refractivity contribution < 1.29 is 33.7 Å². The Labute approximate surface area is 175 Å². The van der Waals surface area contributed by atoms with E-state index in [0.717, 1.165) is 11.6 Å². The van der Waals surface area contributed by atoms with Gasteiger partial charge in [0.15, 0.2) is 5.75 Å². The predicted molar refractivity (Wildman–Crippen MR) is 107 cm³/mol. The average Bonchev–Trinajstić information content (AvgIpc) is 2.74. The number of hydrogen-bond acceptors (Lipinski definition) is 6. The molecule has 0 spiro atoms. The minimum absolute atomic E-state index is 0.0869. The summed E-state index contributed by atoms with van der Waals surface area (Å²) in [6.45, 7) is -0.291. The van der Waals surface area contributed by atoms with Gasteiger partial charge in [0, 0.05) is 18.7 Å². The summed E-state index contributed by atoms with van der Waals surface area (Å²) in [5.74, 6) is -3.84. The summed E-state index contributed by atoms with van der Waals surface area (Å²) in [6, 6.07) is 8.41. The van der Waals surface area contributed by atoms with Gasteiger partial charge in [-0.25, -0.2) is 9.18 Å². The van der Waals surface area contributed by atoms with Crippen molar-refractivity contribution in [3.05, 3.63) is 70.7 Å². The van der Waals surface area contributed by atoms with E-state index in [1.807, 2.05) is 0 Å². The molecule has 0 bridgehead atoms. The van der Waals surface area contributed by atoms with Crippen LogP contribution in [0.15, 0.2) is 42.6 Å². The van der Waals surface area contributed by atoms with E-state index < -0.39 is 29.1 Å². The number of halogens is 1. The number of rotatable bonds is 6. The van der Waals surface area contributed by atoms with Gasteiger partial charge in [-0.05, 0) is 41.8 Å². The molecule has 2 aromatic carbocycles. The fourth-order valence-corrected chi connectivity index (χ4v) is 2.97. The number of ether oxygens (including phenoxy) is 1. The molecular weight excluding hydrogens is 409 g/mol. The third kappa shape index (κ3) is 4.93. The smallest absolute Gasteiger partial charge is 0.339 e. The van der Waals surface area contributed by atoms with E-state index in [2.05, 4.69) is 20.6 Å². The minimum Gasteiger partial charge on any atom is -0.505 e. The number of carboxylic acid groups (broad SMARTS) is 1. The number of phenols is 1. The first-order chi connectivity index (χ1) is 14.8. The first-order valence-corrected chi connectivity index (χ1v) is 9.00. The number of benzene rings is 2. The van der Waals surface area contributed by atoms with Gasteiger partial charge in [-0.3, -0.25) is 25.4 Å². The zero-order chi connectivity index (χ0) is 22.5. The molecule has 1 aromatic heterocycles. The van der Waals surface area contributed by atoms with E-state index in [1.165, 1.54) is 25.4 Å². The quantitative estimate of drug-likeness (QED) is 0.440. The maximum atomic E-state index is 13.1. The van der Waals surface area contributed by atoms with Crippen LogP contribution in [0.2, 0.25) is 0 Å². The Morgan fingerprint density at radius 3 is 2.42 bits per heavy atom. The standard InChI is InChI=1S/C21H18FN3O6/c1-31-10-17(26)24-25-20(28)15-8-16(21(29)30)19(27)18-14(15)7-12(9-23-18)6-11-2-4-13(22)5-3-11/h2-5,7-9,27H,6,10H2,1H3,(H,24,26)(H,25,28)(H,29,30). The third-order valence-corrected chi connectivity index (χ3v) is 4.39. The molecule has 0 unspecified atom stereocenters. The highest BCUT2D eigenvalue weighted by Crippen LogP contribution is 2.31. The number of aromatic nitrogens is 1. The van der Waals surface area contributed by atoms with Crippen molar-refractivity contribution in [1.82, 2.24) is 15.8 Å². The molecule has 2 amide bonds. The summed E-state index contributed by atoms with van der Waals surface area (Å²) in [6.07, 6.45) is 1.79. The van der Waals surface area contributed by atoms with E-state index in [4.69, 9.17) is 0 Å². The van der Waals surface area contributed by atoms with E-state index in [0.29, 0.717) is 12.0 Å². The lowest BCUT2D eigenvalue weighted by Gasteiger charge is -2.13. The first-order valence-electron chi connectivity index (χ1n) is 9.00. The first kappa shape index (κ1) is 21.7. The molecule has 1 heterocycles. The van der Waals surface area contributed by atoms with Crippen molar-refractivity contribution in [2.24, 2.45) is 0 Å². The van der Waals surface area contributed by atoms with Crippen LogP contribution in [0.5, 0.6) is 5.75 Å². The summed E-state index contributed by atoms with van der Waals surface area (Å²) < 4.78 is 17.8. The van der Waals surface area contributed by atoms with Gasteiger partial charge in [0.1, 0.15) is 23.5 Å². The largest absolute Gasteiger partial charge is 0.505 e. The monoisotopic (exact) mass is 427 g/mol. The molecule has 0 atom stereocenters. The lowest BCUT2D eigenvalue weighted by Crippen LogP contribution is -2.43.